The number of rotatable bonds is 7. The van der Waals surface area contributed by atoms with E-state index in [2.05, 4.69) is 15.8 Å². The highest BCUT2D eigenvalue weighted by atomic mass is 16.6. The number of hydrogen-bond donors (Lipinski definition) is 2. The molecule has 1 fully saturated rings. The first-order chi connectivity index (χ1) is 19.4. The van der Waals surface area contributed by atoms with Crippen molar-refractivity contribution in [3.05, 3.63) is 89.0 Å². The highest BCUT2D eigenvalue weighted by molar-refractivity contribution is 6.40. The molecule has 0 aliphatic carbocycles. The Kier molecular flexibility index (Phi) is 9.21. The van der Waals surface area contributed by atoms with Gasteiger partial charge in [0.25, 0.3) is 5.91 Å². The molecule has 0 bridgehead atoms. The summed E-state index contributed by atoms with van der Waals surface area (Å²) in [6.45, 7) is 3.68. The predicted octanol–water partition coefficient (Wildman–Crippen LogP) is 2.78. The molecule has 0 aromatic heterocycles. The van der Waals surface area contributed by atoms with Crippen LogP contribution in [0.5, 0.6) is 11.5 Å². The summed E-state index contributed by atoms with van der Waals surface area (Å²) in [7, 11) is 1.42. The summed E-state index contributed by atoms with van der Waals surface area (Å²) in [4.78, 5) is 51.8. The Morgan fingerprint density at radius 2 is 1.65 bits per heavy atom. The van der Waals surface area contributed by atoms with Crippen molar-refractivity contribution >= 4 is 35.6 Å². The number of carbonyl (C=O) groups is 4. The third-order valence-corrected chi connectivity index (χ3v) is 5.97. The van der Waals surface area contributed by atoms with E-state index in [1.807, 2.05) is 19.1 Å². The first-order valence-electron chi connectivity index (χ1n) is 12.4. The Morgan fingerprint density at radius 3 is 2.38 bits per heavy atom. The van der Waals surface area contributed by atoms with Crippen molar-refractivity contribution in [2.75, 3.05) is 38.7 Å². The normalized spacial score (nSPS) is 13.0. The van der Waals surface area contributed by atoms with E-state index < -0.39 is 17.8 Å². The fraction of sp³-hybridized carbons (Fsp3) is 0.207. The molecule has 11 heteroatoms. The molecular weight excluding hydrogens is 516 g/mol. The van der Waals surface area contributed by atoms with E-state index in [0.717, 1.165) is 5.56 Å². The second-order valence-electron chi connectivity index (χ2n) is 8.77. The molecule has 0 saturated carbocycles. The molecule has 206 valence electrons. The Morgan fingerprint density at radius 1 is 0.925 bits per heavy atom. The average Bonchev–Trinajstić information content (AvgIpc) is 2.98. The van der Waals surface area contributed by atoms with Crippen LogP contribution >= 0.6 is 0 Å². The molecule has 2 N–H and O–H groups in total. The van der Waals surface area contributed by atoms with Crippen LogP contribution in [0, 0.1) is 6.92 Å². The summed E-state index contributed by atoms with van der Waals surface area (Å²) in [6.07, 6.45) is 1.30. The Hall–Kier alpha value is -5.03. The lowest BCUT2D eigenvalue weighted by atomic mass is 10.1. The van der Waals surface area contributed by atoms with Gasteiger partial charge in [-0.2, -0.15) is 5.10 Å². The number of esters is 1. The van der Waals surface area contributed by atoms with E-state index in [9.17, 15) is 19.2 Å². The number of nitrogens with one attached hydrogen (secondary N) is 2. The maximum atomic E-state index is 12.9. The van der Waals surface area contributed by atoms with Gasteiger partial charge in [-0.3, -0.25) is 14.4 Å². The van der Waals surface area contributed by atoms with Crippen molar-refractivity contribution in [3.63, 3.8) is 0 Å². The van der Waals surface area contributed by atoms with E-state index in [1.165, 1.54) is 19.4 Å². The monoisotopic (exact) mass is 544 g/mol. The van der Waals surface area contributed by atoms with E-state index >= 15 is 0 Å². The predicted molar refractivity (Wildman–Crippen MR) is 147 cm³/mol. The zero-order chi connectivity index (χ0) is 28.5. The minimum atomic E-state index is -1.03. The van der Waals surface area contributed by atoms with Crippen LogP contribution in [0.1, 0.15) is 31.8 Å². The van der Waals surface area contributed by atoms with Crippen LogP contribution in [0.15, 0.2) is 71.8 Å². The molecule has 0 atom stereocenters. The Balaban J connectivity index is 1.35. The van der Waals surface area contributed by atoms with Crippen molar-refractivity contribution < 1.29 is 33.4 Å². The van der Waals surface area contributed by atoms with Gasteiger partial charge in [0.2, 0.25) is 0 Å². The summed E-state index contributed by atoms with van der Waals surface area (Å²) in [5, 5.41) is 6.29. The number of anilines is 1. The molecule has 11 nitrogen and oxygen atoms in total. The molecule has 1 aliphatic rings. The largest absolute Gasteiger partial charge is 0.493 e. The number of nitrogens with zero attached hydrogens (tertiary/aromatic N) is 2. The number of morpholine rings is 1. The lowest BCUT2D eigenvalue weighted by molar-refractivity contribution is -0.136. The Bertz CT molecular complexity index is 1430. The fourth-order valence-electron chi connectivity index (χ4n) is 3.81. The summed E-state index contributed by atoms with van der Waals surface area (Å²) in [6, 6.07) is 18.1. The molecule has 0 radical (unpaired) electrons. The van der Waals surface area contributed by atoms with Crippen LogP contribution in [0.2, 0.25) is 0 Å². The second-order valence-corrected chi connectivity index (χ2v) is 8.77. The summed E-state index contributed by atoms with van der Waals surface area (Å²) in [5.41, 5.74) is 4.56. The maximum absolute atomic E-state index is 12.9. The van der Waals surface area contributed by atoms with Crippen LogP contribution in [0.25, 0.3) is 0 Å². The molecule has 1 aliphatic heterocycles. The molecular formula is C29H28N4O7. The van der Waals surface area contributed by atoms with Gasteiger partial charge in [0.05, 0.1) is 43.4 Å². The van der Waals surface area contributed by atoms with Gasteiger partial charge in [-0.15, -0.1) is 0 Å². The van der Waals surface area contributed by atoms with Gasteiger partial charge in [0.15, 0.2) is 11.5 Å². The standard InChI is InChI=1S/C29H28N4O7/c1-19-7-10-21(11-8-19)29(37)40-24-12-9-20(17-25(24)38-2)18-30-32-27(35)26(34)31-23-6-4-3-5-22(23)28(36)33-13-15-39-16-14-33/h3-12,17-18H,13-16H2,1-2H3,(H,31,34)(H,32,35)/b30-18+. The summed E-state index contributed by atoms with van der Waals surface area (Å²) < 4.78 is 16.0. The molecule has 0 unspecified atom stereocenters. The van der Waals surface area contributed by atoms with E-state index in [1.54, 1.807) is 53.4 Å². The van der Waals surface area contributed by atoms with Gasteiger partial charge in [-0.25, -0.2) is 10.2 Å². The van der Waals surface area contributed by atoms with Gasteiger partial charge in [-0.05, 0) is 55.0 Å². The van der Waals surface area contributed by atoms with E-state index in [4.69, 9.17) is 14.2 Å². The van der Waals surface area contributed by atoms with Crippen LogP contribution in [-0.4, -0.2) is 68.2 Å². The average molecular weight is 545 g/mol. The smallest absolute Gasteiger partial charge is 0.343 e. The Labute approximate surface area is 230 Å². The number of hydrogen-bond acceptors (Lipinski definition) is 8. The van der Waals surface area contributed by atoms with Crippen LogP contribution in [0.3, 0.4) is 0 Å². The van der Waals surface area contributed by atoms with Crippen LogP contribution < -0.4 is 20.2 Å². The maximum Gasteiger partial charge on any atom is 0.343 e. The van der Waals surface area contributed by atoms with Gasteiger partial charge in [0, 0.05) is 13.1 Å². The number of hydrazone groups is 1. The minimum Gasteiger partial charge on any atom is -0.493 e. The second kappa shape index (κ2) is 13.2. The lowest BCUT2D eigenvalue weighted by Gasteiger charge is -2.27. The van der Waals surface area contributed by atoms with Crippen LogP contribution in [0.4, 0.5) is 5.69 Å². The third kappa shape index (κ3) is 7.08. The van der Waals surface area contributed by atoms with E-state index in [0.29, 0.717) is 37.4 Å². The number of ether oxygens (including phenoxy) is 3. The zero-order valence-corrected chi connectivity index (χ0v) is 22.0. The molecule has 1 heterocycles. The fourth-order valence-corrected chi connectivity index (χ4v) is 3.81. The van der Waals surface area contributed by atoms with Crippen LogP contribution in [-0.2, 0) is 14.3 Å². The number of amides is 3. The number of methoxy groups -OCH3 is 1. The molecule has 40 heavy (non-hydrogen) atoms. The SMILES string of the molecule is COc1cc(/C=N/NC(=O)C(=O)Nc2ccccc2C(=O)N2CCOCC2)ccc1OC(=O)c1ccc(C)cc1. The molecule has 0 spiro atoms. The first kappa shape index (κ1) is 28.0. The number of carbonyl (C=O) groups excluding carboxylic acids is 4. The lowest BCUT2D eigenvalue weighted by Crippen LogP contribution is -2.41. The molecule has 3 aromatic carbocycles. The number of benzene rings is 3. The molecule has 3 amide bonds. The van der Waals surface area contributed by atoms with Crippen molar-refractivity contribution in [1.82, 2.24) is 10.3 Å². The molecule has 3 aromatic rings. The van der Waals surface area contributed by atoms with Crippen molar-refractivity contribution in [2.45, 2.75) is 6.92 Å². The zero-order valence-electron chi connectivity index (χ0n) is 22.0. The van der Waals surface area contributed by atoms with E-state index in [-0.39, 0.29) is 28.7 Å². The number of para-hydroxylation sites is 1. The van der Waals surface area contributed by atoms with Gasteiger partial charge in [-0.1, -0.05) is 29.8 Å². The van der Waals surface area contributed by atoms with Crippen molar-refractivity contribution in [3.8, 4) is 11.5 Å². The van der Waals surface area contributed by atoms with Gasteiger partial charge in [0.1, 0.15) is 0 Å². The summed E-state index contributed by atoms with van der Waals surface area (Å²) >= 11 is 0. The van der Waals surface area contributed by atoms with Gasteiger partial charge >= 0.3 is 17.8 Å². The minimum absolute atomic E-state index is 0.207. The highest BCUT2D eigenvalue weighted by Gasteiger charge is 2.23. The third-order valence-electron chi connectivity index (χ3n) is 5.97. The summed E-state index contributed by atoms with van der Waals surface area (Å²) in [5.74, 6) is -2.34. The van der Waals surface area contributed by atoms with Crippen molar-refractivity contribution in [2.24, 2.45) is 5.10 Å². The highest BCUT2D eigenvalue weighted by Crippen LogP contribution is 2.28. The quantitative estimate of drug-likeness (QED) is 0.154. The first-order valence-corrected chi connectivity index (χ1v) is 12.4. The topological polar surface area (TPSA) is 136 Å². The molecule has 4 rings (SSSR count). The number of aryl methyl sites for hydroxylation is 1. The molecule has 1 saturated heterocycles. The van der Waals surface area contributed by atoms with Gasteiger partial charge < -0.3 is 24.4 Å². The van der Waals surface area contributed by atoms with Crippen molar-refractivity contribution in [1.29, 1.82) is 0 Å².